The van der Waals surface area contributed by atoms with Crippen LogP contribution in [0.4, 0.5) is 5.69 Å². The van der Waals surface area contributed by atoms with Gasteiger partial charge in [0, 0.05) is 17.8 Å². The molecule has 1 amide bonds. The zero-order valence-electron chi connectivity index (χ0n) is 11.6. The molecule has 1 atom stereocenters. The fourth-order valence-electron chi connectivity index (χ4n) is 2.64. The Labute approximate surface area is 138 Å². The van der Waals surface area contributed by atoms with Crippen LogP contribution in [0.15, 0.2) is 48.5 Å². The van der Waals surface area contributed by atoms with Crippen LogP contribution in [0.5, 0.6) is 0 Å². The number of carbonyl (C=O) groups is 2. The predicted molar refractivity (Wildman–Crippen MR) is 87.7 cm³/mol. The van der Waals surface area contributed by atoms with Crippen LogP contribution in [0.25, 0.3) is 0 Å². The molecule has 2 aromatic carbocycles. The van der Waals surface area contributed by atoms with Crippen LogP contribution in [-0.4, -0.2) is 18.2 Å². The van der Waals surface area contributed by atoms with Gasteiger partial charge in [-0.05, 0) is 24.6 Å². The first-order valence-corrected chi connectivity index (χ1v) is 7.69. The summed E-state index contributed by atoms with van der Waals surface area (Å²) in [6.07, 6.45) is 0.507. The fraction of sp³-hybridized carbons (Fsp3) is 0.176. The molecule has 1 heterocycles. The molecule has 1 aliphatic rings. The normalized spacial score (nSPS) is 17.8. The van der Waals surface area contributed by atoms with E-state index < -0.39 is 5.92 Å². The second kappa shape index (κ2) is 6.11. The highest BCUT2D eigenvalue weighted by molar-refractivity contribution is 6.42. The minimum absolute atomic E-state index is 0.131. The van der Waals surface area contributed by atoms with Crippen LogP contribution in [0.1, 0.15) is 16.8 Å². The smallest absolute Gasteiger partial charge is 0.238 e. The molecule has 2 aromatic rings. The van der Waals surface area contributed by atoms with E-state index >= 15 is 0 Å². The molecule has 22 heavy (non-hydrogen) atoms. The van der Waals surface area contributed by atoms with Crippen molar-refractivity contribution in [3.63, 3.8) is 0 Å². The average Bonchev–Trinajstić information content (AvgIpc) is 2.92. The van der Waals surface area contributed by atoms with Gasteiger partial charge in [0.2, 0.25) is 5.91 Å². The summed E-state index contributed by atoms with van der Waals surface area (Å²) in [6, 6.07) is 13.9. The monoisotopic (exact) mass is 333 g/mol. The zero-order chi connectivity index (χ0) is 15.7. The quantitative estimate of drug-likeness (QED) is 0.622. The van der Waals surface area contributed by atoms with Gasteiger partial charge in [-0.3, -0.25) is 9.59 Å². The number of benzene rings is 2. The molecular formula is C17H13Cl2NO2. The summed E-state index contributed by atoms with van der Waals surface area (Å²) in [5, 5.41) is 0.832. The Morgan fingerprint density at radius 1 is 1.05 bits per heavy atom. The van der Waals surface area contributed by atoms with Gasteiger partial charge < -0.3 is 4.90 Å². The Balaban J connectivity index is 1.83. The Morgan fingerprint density at radius 3 is 2.45 bits per heavy atom. The van der Waals surface area contributed by atoms with Gasteiger partial charge in [-0.15, -0.1) is 0 Å². The third-order valence-corrected chi connectivity index (χ3v) is 4.53. The summed E-state index contributed by atoms with van der Waals surface area (Å²) < 4.78 is 0. The summed E-state index contributed by atoms with van der Waals surface area (Å²) in [6.45, 7) is 0.500. The summed E-state index contributed by atoms with van der Waals surface area (Å²) in [5.74, 6) is -0.947. The van der Waals surface area contributed by atoms with Crippen molar-refractivity contribution in [2.45, 2.75) is 6.42 Å². The lowest BCUT2D eigenvalue weighted by atomic mass is 9.96. The van der Waals surface area contributed by atoms with Crippen molar-refractivity contribution >= 4 is 40.6 Å². The Morgan fingerprint density at radius 2 is 1.77 bits per heavy atom. The van der Waals surface area contributed by atoms with Crippen molar-refractivity contribution < 1.29 is 9.59 Å². The van der Waals surface area contributed by atoms with Crippen LogP contribution in [0, 0.1) is 5.92 Å². The van der Waals surface area contributed by atoms with Crippen LogP contribution >= 0.6 is 23.2 Å². The van der Waals surface area contributed by atoms with Crippen LogP contribution < -0.4 is 4.90 Å². The number of rotatable bonds is 3. The molecule has 0 aromatic heterocycles. The lowest BCUT2D eigenvalue weighted by Gasteiger charge is -2.17. The molecule has 112 valence electrons. The third-order valence-electron chi connectivity index (χ3n) is 3.80. The lowest BCUT2D eigenvalue weighted by Crippen LogP contribution is -2.30. The maximum atomic E-state index is 12.5. The minimum Gasteiger partial charge on any atom is -0.312 e. The first-order chi connectivity index (χ1) is 10.6. The lowest BCUT2D eigenvalue weighted by molar-refractivity contribution is -0.119. The second-order valence-electron chi connectivity index (χ2n) is 5.16. The van der Waals surface area contributed by atoms with Crippen molar-refractivity contribution in [2.75, 3.05) is 11.4 Å². The van der Waals surface area contributed by atoms with E-state index in [1.54, 1.807) is 47.4 Å². The van der Waals surface area contributed by atoms with E-state index in [4.69, 9.17) is 23.2 Å². The molecular weight excluding hydrogens is 321 g/mol. The van der Waals surface area contributed by atoms with Gasteiger partial charge in [-0.2, -0.15) is 0 Å². The maximum absolute atomic E-state index is 12.5. The third kappa shape index (κ3) is 2.74. The molecule has 0 radical (unpaired) electrons. The van der Waals surface area contributed by atoms with Crippen molar-refractivity contribution in [1.29, 1.82) is 0 Å². The van der Waals surface area contributed by atoms with Crippen molar-refractivity contribution in [3.8, 4) is 0 Å². The van der Waals surface area contributed by atoms with E-state index in [9.17, 15) is 9.59 Å². The summed E-state index contributed by atoms with van der Waals surface area (Å²) in [5.41, 5.74) is 1.24. The summed E-state index contributed by atoms with van der Waals surface area (Å²) >= 11 is 11.9. The number of ketones is 1. The molecule has 3 rings (SSSR count). The minimum atomic E-state index is -0.628. The van der Waals surface area contributed by atoms with Crippen molar-refractivity contribution in [3.05, 3.63) is 64.1 Å². The van der Waals surface area contributed by atoms with Gasteiger partial charge >= 0.3 is 0 Å². The van der Waals surface area contributed by atoms with Crippen molar-refractivity contribution in [2.24, 2.45) is 5.92 Å². The van der Waals surface area contributed by atoms with Crippen molar-refractivity contribution in [1.82, 2.24) is 0 Å². The number of hydrogen-bond donors (Lipinski definition) is 0. The summed E-state index contributed by atoms with van der Waals surface area (Å²) in [4.78, 5) is 26.6. The SMILES string of the molecule is O=C(c1ccccc1)C1CCN(c2ccc(Cl)c(Cl)c2)C1=O. The Kier molecular flexibility index (Phi) is 4.19. The zero-order valence-corrected chi connectivity index (χ0v) is 13.1. The van der Waals surface area contributed by atoms with Gasteiger partial charge in [0.15, 0.2) is 5.78 Å². The van der Waals surface area contributed by atoms with E-state index in [2.05, 4.69) is 0 Å². The largest absolute Gasteiger partial charge is 0.312 e. The molecule has 0 bridgehead atoms. The molecule has 1 fully saturated rings. The number of Topliss-reactive ketones (excluding diaryl/α,β-unsaturated/α-hetero) is 1. The fourth-order valence-corrected chi connectivity index (χ4v) is 2.93. The van der Waals surface area contributed by atoms with Gasteiger partial charge in [0.1, 0.15) is 5.92 Å². The van der Waals surface area contributed by atoms with Gasteiger partial charge in [-0.25, -0.2) is 0 Å². The highest BCUT2D eigenvalue weighted by atomic mass is 35.5. The van der Waals surface area contributed by atoms with E-state index in [-0.39, 0.29) is 11.7 Å². The Hall–Kier alpha value is -1.84. The highest BCUT2D eigenvalue weighted by Gasteiger charge is 2.37. The Bertz CT molecular complexity index is 731. The summed E-state index contributed by atoms with van der Waals surface area (Å²) in [7, 11) is 0. The first-order valence-electron chi connectivity index (χ1n) is 6.93. The maximum Gasteiger partial charge on any atom is 0.238 e. The van der Waals surface area contributed by atoms with Crippen LogP contribution in [0.3, 0.4) is 0 Å². The average molecular weight is 334 g/mol. The number of carbonyl (C=O) groups excluding carboxylic acids is 2. The molecule has 5 heteroatoms. The second-order valence-corrected chi connectivity index (χ2v) is 5.97. The van der Waals surface area contributed by atoms with Crippen LogP contribution in [-0.2, 0) is 4.79 Å². The van der Waals surface area contributed by atoms with Crippen LogP contribution in [0.2, 0.25) is 10.0 Å². The van der Waals surface area contributed by atoms with E-state index in [0.717, 1.165) is 0 Å². The number of nitrogens with zero attached hydrogens (tertiary/aromatic N) is 1. The van der Waals surface area contributed by atoms with E-state index in [1.807, 2.05) is 6.07 Å². The number of halogens is 2. The molecule has 1 aliphatic heterocycles. The van der Waals surface area contributed by atoms with Gasteiger partial charge in [0.25, 0.3) is 0 Å². The topological polar surface area (TPSA) is 37.4 Å². The van der Waals surface area contributed by atoms with E-state index in [1.165, 1.54) is 0 Å². The van der Waals surface area contributed by atoms with Gasteiger partial charge in [-0.1, -0.05) is 53.5 Å². The highest BCUT2D eigenvalue weighted by Crippen LogP contribution is 2.32. The number of amides is 1. The molecule has 3 nitrogen and oxygen atoms in total. The first kappa shape index (κ1) is 15.1. The number of hydrogen-bond acceptors (Lipinski definition) is 2. The molecule has 1 unspecified atom stereocenters. The molecule has 0 spiro atoms. The standard InChI is InChI=1S/C17H13Cl2NO2/c18-14-7-6-12(10-15(14)19)20-9-8-13(17(20)22)16(21)11-4-2-1-3-5-11/h1-7,10,13H,8-9H2. The molecule has 0 N–H and O–H groups in total. The number of anilines is 1. The van der Waals surface area contributed by atoms with E-state index in [0.29, 0.717) is 34.3 Å². The molecule has 0 aliphatic carbocycles. The molecule has 1 saturated heterocycles. The predicted octanol–water partition coefficient (Wildman–Crippen LogP) is 4.23. The van der Waals surface area contributed by atoms with Gasteiger partial charge in [0.05, 0.1) is 10.0 Å². The molecule has 0 saturated carbocycles.